The molecule has 0 fully saturated rings. The first-order valence-electron chi connectivity index (χ1n) is 7.02. The quantitative estimate of drug-likeness (QED) is 0.773. The average Bonchev–Trinajstić information content (AvgIpc) is 2.76. The molecule has 1 aromatic heterocycles. The fourth-order valence-electron chi connectivity index (χ4n) is 2.30. The van der Waals surface area contributed by atoms with Gasteiger partial charge < -0.3 is 5.32 Å². The second-order valence-electron chi connectivity index (χ2n) is 5.47. The van der Waals surface area contributed by atoms with E-state index in [1.54, 1.807) is 23.5 Å². The van der Waals surface area contributed by atoms with E-state index in [0.29, 0.717) is 12.0 Å². The van der Waals surface area contributed by atoms with Crippen LogP contribution in [0, 0.1) is 11.7 Å². The van der Waals surface area contributed by atoms with Gasteiger partial charge in [-0.1, -0.05) is 20.8 Å². The molecule has 0 radical (unpaired) electrons. The van der Waals surface area contributed by atoms with Crippen molar-refractivity contribution in [3.8, 4) is 0 Å². The third-order valence-corrected chi connectivity index (χ3v) is 4.42. The van der Waals surface area contributed by atoms with Crippen LogP contribution in [0.5, 0.6) is 0 Å². The van der Waals surface area contributed by atoms with Gasteiger partial charge in [0.25, 0.3) is 0 Å². The van der Waals surface area contributed by atoms with Crippen molar-refractivity contribution in [2.75, 3.05) is 6.54 Å². The van der Waals surface area contributed by atoms with E-state index in [4.69, 9.17) is 0 Å². The van der Waals surface area contributed by atoms with Crippen LogP contribution in [0.3, 0.4) is 0 Å². The van der Waals surface area contributed by atoms with Crippen molar-refractivity contribution < 1.29 is 4.39 Å². The van der Waals surface area contributed by atoms with E-state index in [1.165, 1.54) is 9.58 Å². The lowest BCUT2D eigenvalue weighted by molar-refractivity contribution is 0.435. The predicted molar refractivity (Wildman–Crippen MR) is 82.3 cm³/mol. The van der Waals surface area contributed by atoms with Crippen LogP contribution in [0.25, 0.3) is 10.1 Å². The number of fused-ring (bicyclic) bond motifs is 1. The Kier molecular flexibility index (Phi) is 4.94. The lowest BCUT2D eigenvalue weighted by Gasteiger charge is -2.19. The molecule has 1 nitrogen and oxygen atoms in total. The van der Waals surface area contributed by atoms with Crippen molar-refractivity contribution in [2.45, 2.75) is 39.7 Å². The molecule has 19 heavy (non-hydrogen) atoms. The number of halogens is 1. The fourth-order valence-corrected chi connectivity index (χ4v) is 3.43. The molecule has 1 unspecified atom stereocenters. The van der Waals surface area contributed by atoms with Gasteiger partial charge >= 0.3 is 0 Å². The van der Waals surface area contributed by atoms with Gasteiger partial charge in [-0.15, -0.1) is 11.3 Å². The second kappa shape index (κ2) is 6.49. The van der Waals surface area contributed by atoms with Crippen LogP contribution in [-0.2, 0) is 0 Å². The minimum Gasteiger partial charge on any atom is -0.309 e. The van der Waals surface area contributed by atoms with Crippen LogP contribution in [0.15, 0.2) is 24.3 Å². The van der Waals surface area contributed by atoms with E-state index in [0.717, 1.165) is 24.8 Å². The second-order valence-corrected chi connectivity index (χ2v) is 6.58. The van der Waals surface area contributed by atoms with Gasteiger partial charge in [0, 0.05) is 15.6 Å². The normalized spacial score (nSPS) is 13.3. The van der Waals surface area contributed by atoms with E-state index in [1.807, 2.05) is 6.07 Å². The van der Waals surface area contributed by atoms with Crippen molar-refractivity contribution >= 4 is 21.4 Å². The van der Waals surface area contributed by atoms with Crippen molar-refractivity contribution in [1.29, 1.82) is 0 Å². The minimum atomic E-state index is -0.154. The number of hydrogen-bond donors (Lipinski definition) is 1. The molecule has 2 aromatic rings. The molecular weight excluding hydrogens is 257 g/mol. The van der Waals surface area contributed by atoms with Crippen molar-refractivity contribution in [1.82, 2.24) is 5.32 Å². The Morgan fingerprint density at radius 1 is 1.26 bits per heavy atom. The maximum atomic E-state index is 13.2. The maximum Gasteiger partial charge on any atom is 0.123 e. The molecule has 0 amide bonds. The Morgan fingerprint density at radius 3 is 2.74 bits per heavy atom. The molecule has 0 saturated heterocycles. The number of nitrogens with one attached hydrogen (secondary N) is 1. The fraction of sp³-hybridized carbons (Fsp3) is 0.500. The standard InChI is InChI=1S/C16H22FNS/c1-4-7-18-14(8-11(2)3)16-10-12-9-13(17)5-6-15(12)19-16/h5-6,9-11,14,18H,4,7-8H2,1-3H3. The summed E-state index contributed by atoms with van der Waals surface area (Å²) in [5, 5.41) is 4.63. The highest BCUT2D eigenvalue weighted by Gasteiger charge is 2.15. The van der Waals surface area contributed by atoms with E-state index in [2.05, 4.69) is 32.2 Å². The highest BCUT2D eigenvalue weighted by molar-refractivity contribution is 7.19. The van der Waals surface area contributed by atoms with Crippen molar-refractivity contribution in [3.63, 3.8) is 0 Å². The molecule has 0 saturated carbocycles. The van der Waals surface area contributed by atoms with Gasteiger partial charge in [-0.2, -0.15) is 0 Å². The summed E-state index contributed by atoms with van der Waals surface area (Å²) in [6.07, 6.45) is 2.25. The molecule has 0 aliphatic heterocycles. The molecule has 104 valence electrons. The summed E-state index contributed by atoms with van der Waals surface area (Å²) in [6, 6.07) is 7.57. The largest absolute Gasteiger partial charge is 0.309 e. The van der Waals surface area contributed by atoms with Crippen LogP contribution in [0.1, 0.15) is 44.5 Å². The Morgan fingerprint density at radius 2 is 2.05 bits per heavy atom. The molecule has 1 aromatic carbocycles. The van der Waals surface area contributed by atoms with Gasteiger partial charge in [-0.25, -0.2) is 4.39 Å². The molecular formula is C16H22FNS. The van der Waals surface area contributed by atoms with Crippen LogP contribution in [0.4, 0.5) is 4.39 Å². The van der Waals surface area contributed by atoms with Crippen molar-refractivity contribution in [3.05, 3.63) is 35.0 Å². The van der Waals surface area contributed by atoms with Crippen LogP contribution >= 0.6 is 11.3 Å². The lowest BCUT2D eigenvalue weighted by Crippen LogP contribution is -2.22. The summed E-state index contributed by atoms with van der Waals surface area (Å²) >= 11 is 1.78. The molecule has 1 atom stereocenters. The van der Waals surface area contributed by atoms with Gasteiger partial charge in [0.15, 0.2) is 0 Å². The van der Waals surface area contributed by atoms with Gasteiger partial charge in [0.05, 0.1) is 0 Å². The smallest absolute Gasteiger partial charge is 0.123 e. The third-order valence-electron chi connectivity index (χ3n) is 3.19. The summed E-state index contributed by atoms with van der Waals surface area (Å²) < 4.78 is 14.4. The third kappa shape index (κ3) is 3.77. The first kappa shape index (κ1) is 14.5. The van der Waals surface area contributed by atoms with E-state index < -0.39 is 0 Å². The minimum absolute atomic E-state index is 0.154. The number of benzene rings is 1. The number of hydrogen-bond acceptors (Lipinski definition) is 2. The van der Waals surface area contributed by atoms with Crippen LogP contribution < -0.4 is 5.32 Å². The summed E-state index contributed by atoms with van der Waals surface area (Å²) in [6.45, 7) is 7.70. The maximum absolute atomic E-state index is 13.2. The molecule has 2 rings (SSSR count). The molecule has 3 heteroatoms. The summed E-state index contributed by atoms with van der Waals surface area (Å²) in [5.74, 6) is 0.495. The Labute approximate surface area is 118 Å². The van der Waals surface area contributed by atoms with Gasteiger partial charge in [0.1, 0.15) is 5.82 Å². The topological polar surface area (TPSA) is 12.0 Å². The molecule has 1 N–H and O–H groups in total. The molecule has 0 spiro atoms. The molecule has 1 heterocycles. The van der Waals surface area contributed by atoms with Crippen LogP contribution in [-0.4, -0.2) is 6.54 Å². The lowest BCUT2D eigenvalue weighted by atomic mass is 10.0. The first-order valence-corrected chi connectivity index (χ1v) is 7.84. The highest BCUT2D eigenvalue weighted by atomic mass is 32.1. The van der Waals surface area contributed by atoms with Gasteiger partial charge in [0.2, 0.25) is 0 Å². The zero-order chi connectivity index (χ0) is 13.8. The van der Waals surface area contributed by atoms with E-state index in [9.17, 15) is 4.39 Å². The Balaban J connectivity index is 2.26. The SMILES string of the molecule is CCCNC(CC(C)C)c1cc2cc(F)ccc2s1. The Bertz CT molecular complexity index is 533. The summed E-state index contributed by atoms with van der Waals surface area (Å²) in [5.41, 5.74) is 0. The monoisotopic (exact) mass is 279 g/mol. The predicted octanol–water partition coefficient (Wildman–Crippen LogP) is 5.13. The van der Waals surface area contributed by atoms with Crippen LogP contribution in [0.2, 0.25) is 0 Å². The molecule has 0 bridgehead atoms. The summed E-state index contributed by atoms with van der Waals surface area (Å²) in [4.78, 5) is 1.32. The van der Waals surface area contributed by atoms with E-state index in [-0.39, 0.29) is 5.82 Å². The van der Waals surface area contributed by atoms with Gasteiger partial charge in [-0.05, 0) is 55.0 Å². The van der Waals surface area contributed by atoms with Gasteiger partial charge in [-0.3, -0.25) is 0 Å². The number of rotatable bonds is 6. The average molecular weight is 279 g/mol. The van der Waals surface area contributed by atoms with Crippen molar-refractivity contribution in [2.24, 2.45) is 5.92 Å². The zero-order valence-corrected chi connectivity index (χ0v) is 12.7. The molecule has 0 aliphatic rings. The molecule has 0 aliphatic carbocycles. The summed E-state index contributed by atoms with van der Waals surface area (Å²) in [7, 11) is 0. The Hall–Kier alpha value is -0.930. The van der Waals surface area contributed by atoms with E-state index >= 15 is 0 Å². The zero-order valence-electron chi connectivity index (χ0n) is 11.9. The first-order chi connectivity index (χ1) is 9.10. The number of thiophene rings is 1. The highest BCUT2D eigenvalue weighted by Crippen LogP contribution is 2.33.